The van der Waals surface area contributed by atoms with E-state index in [4.69, 9.17) is 23.7 Å². The smallest absolute Gasteiger partial charge is 0.335 e. The summed E-state index contributed by atoms with van der Waals surface area (Å²) in [5.74, 6) is -1.60. The zero-order chi connectivity index (χ0) is 27.3. The zero-order valence-electron chi connectivity index (χ0n) is 22.6. The molecule has 3 aliphatic heterocycles. The quantitative estimate of drug-likeness (QED) is 0.298. The zero-order valence-corrected chi connectivity index (χ0v) is 22.6. The molecule has 0 aromatic heterocycles. The number of rotatable bonds is 1. The van der Waals surface area contributed by atoms with Crippen molar-refractivity contribution in [1.29, 1.82) is 0 Å². The van der Waals surface area contributed by atoms with E-state index in [1.54, 1.807) is 32.1 Å². The maximum absolute atomic E-state index is 13.1. The van der Waals surface area contributed by atoms with Gasteiger partial charge in [0.2, 0.25) is 0 Å². The predicted octanol–water partition coefficient (Wildman–Crippen LogP) is 2.39. The molecule has 2 bridgehead atoms. The van der Waals surface area contributed by atoms with E-state index in [1.807, 2.05) is 0 Å². The second kappa shape index (κ2) is 10.2. The molecule has 3 fully saturated rings. The summed E-state index contributed by atoms with van der Waals surface area (Å²) in [6, 6.07) is 0. The van der Waals surface area contributed by atoms with Crippen LogP contribution in [0.25, 0.3) is 0 Å². The largest absolute Gasteiger partial charge is 0.463 e. The molecular weight excluding hydrogens is 492 g/mol. The van der Waals surface area contributed by atoms with Gasteiger partial charge >= 0.3 is 11.9 Å². The van der Waals surface area contributed by atoms with Crippen molar-refractivity contribution in [3.8, 4) is 0 Å². The Morgan fingerprint density at radius 1 is 1.16 bits per heavy atom. The number of hydrogen-bond acceptors (Lipinski definition) is 9. The van der Waals surface area contributed by atoms with Crippen LogP contribution in [0.3, 0.4) is 0 Å². The van der Waals surface area contributed by atoms with Gasteiger partial charge in [-0.15, -0.1) is 0 Å². The van der Waals surface area contributed by atoms with Crippen LogP contribution in [-0.4, -0.2) is 84.2 Å². The fourth-order valence-corrected chi connectivity index (χ4v) is 7.04. The van der Waals surface area contributed by atoms with Crippen LogP contribution in [0.5, 0.6) is 0 Å². The molecule has 210 valence electrons. The van der Waals surface area contributed by atoms with Gasteiger partial charge in [-0.25, -0.2) is 9.59 Å². The number of hydrogen-bond donors (Lipinski definition) is 2. The molecule has 0 unspecified atom stereocenters. The van der Waals surface area contributed by atoms with E-state index in [0.717, 1.165) is 6.42 Å². The van der Waals surface area contributed by atoms with Crippen LogP contribution in [0.1, 0.15) is 53.4 Å². The molecule has 5 aliphatic rings. The Morgan fingerprint density at radius 2 is 1.92 bits per heavy atom. The molecule has 38 heavy (non-hydrogen) atoms. The molecule has 3 heterocycles. The van der Waals surface area contributed by atoms with Crippen molar-refractivity contribution in [1.82, 2.24) is 0 Å². The molecule has 9 heteroatoms. The second-order valence-corrected chi connectivity index (χ2v) is 11.9. The highest BCUT2D eigenvalue weighted by molar-refractivity contribution is 5.82. The third kappa shape index (κ3) is 4.36. The summed E-state index contributed by atoms with van der Waals surface area (Å²) in [4.78, 5) is 26.0. The molecule has 0 amide bonds. The standard InChI is InChI=1S/C29H40O9/c1-17-9-11-28-15-35-26(33)25(32)18(2)10-12-34-20(19(3)30)7-5-6-8-24(31)38-21-14-23(37-22(28)13-17)29(16-36-29)27(21,28)4/h5-8,13,18-23,25,30,32H,9-12,14-16H2,1-4H3/b7-5-,8-6-/t18-,19-,20-,21-,22-,23-,25+,27-,28-,29+/m1/s1. The fourth-order valence-electron chi connectivity index (χ4n) is 7.04. The lowest BCUT2D eigenvalue weighted by atomic mass is 9.51. The number of aliphatic hydroxyl groups is 2. The lowest BCUT2D eigenvalue weighted by molar-refractivity contribution is -0.234. The van der Waals surface area contributed by atoms with Crippen LogP contribution in [0.2, 0.25) is 0 Å². The summed E-state index contributed by atoms with van der Waals surface area (Å²) >= 11 is 0. The Bertz CT molecular complexity index is 1030. The third-order valence-electron chi connectivity index (χ3n) is 9.73. The number of carbonyl (C=O) groups is 2. The Balaban J connectivity index is 1.51. The van der Waals surface area contributed by atoms with E-state index in [1.165, 1.54) is 11.6 Å². The van der Waals surface area contributed by atoms with Crippen molar-refractivity contribution in [3.05, 3.63) is 36.0 Å². The summed E-state index contributed by atoms with van der Waals surface area (Å²) in [6.45, 7) is 8.27. The molecule has 2 N–H and O–H groups in total. The van der Waals surface area contributed by atoms with E-state index in [2.05, 4.69) is 19.9 Å². The van der Waals surface area contributed by atoms with Crippen molar-refractivity contribution >= 4 is 11.9 Å². The van der Waals surface area contributed by atoms with Gasteiger partial charge in [0.05, 0.1) is 30.3 Å². The predicted molar refractivity (Wildman–Crippen MR) is 136 cm³/mol. The van der Waals surface area contributed by atoms with Crippen LogP contribution < -0.4 is 0 Å². The van der Waals surface area contributed by atoms with Gasteiger partial charge in [-0.3, -0.25) is 0 Å². The minimum absolute atomic E-state index is 0.0195. The molecule has 9 nitrogen and oxygen atoms in total. The van der Waals surface area contributed by atoms with Gasteiger partial charge in [-0.1, -0.05) is 43.7 Å². The summed E-state index contributed by atoms with van der Waals surface area (Å²) in [7, 11) is 0. The van der Waals surface area contributed by atoms with Gasteiger partial charge in [0, 0.05) is 24.5 Å². The van der Waals surface area contributed by atoms with E-state index in [-0.39, 0.29) is 25.4 Å². The van der Waals surface area contributed by atoms with Gasteiger partial charge in [0.25, 0.3) is 0 Å². The molecule has 0 aromatic rings. The first-order valence-corrected chi connectivity index (χ1v) is 13.7. The lowest BCUT2D eigenvalue weighted by Crippen LogP contribution is -2.66. The first kappa shape index (κ1) is 27.5. The highest BCUT2D eigenvalue weighted by atomic mass is 16.6. The average Bonchev–Trinajstić information content (AvgIpc) is 3.65. The highest BCUT2D eigenvalue weighted by Gasteiger charge is 2.83. The first-order valence-electron chi connectivity index (χ1n) is 13.7. The number of cyclic esters (lactones) is 1. The number of esters is 2. The number of ether oxygens (including phenoxy) is 5. The van der Waals surface area contributed by atoms with Crippen LogP contribution in [0.15, 0.2) is 36.0 Å². The normalized spacial score (nSPS) is 48.0. The molecule has 0 aromatic carbocycles. The maximum atomic E-state index is 13.1. The van der Waals surface area contributed by atoms with E-state index in [9.17, 15) is 19.8 Å². The van der Waals surface area contributed by atoms with Crippen molar-refractivity contribution in [3.63, 3.8) is 0 Å². The maximum Gasteiger partial charge on any atom is 0.335 e. The third-order valence-corrected chi connectivity index (χ3v) is 9.73. The molecule has 0 radical (unpaired) electrons. The minimum Gasteiger partial charge on any atom is -0.463 e. The molecule has 2 aliphatic carbocycles. The van der Waals surface area contributed by atoms with Gasteiger partial charge in [0.1, 0.15) is 24.4 Å². The molecular formula is C29H40O9. The van der Waals surface area contributed by atoms with Crippen LogP contribution in [-0.2, 0) is 33.3 Å². The van der Waals surface area contributed by atoms with Crippen LogP contribution in [0.4, 0.5) is 0 Å². The Kier molecular flexibility index (Phi) is 7.37. The fraction of sp³-hybridized carbons (Fsp3) is 0.724. The summed E-state index contributed by atoms with van der Waals surface area (Å²) < 4.78 is 30.4. The number of aliphatic hydroxyl groups excluding tert-OH is 2. The van der Waals surface area contributed by atoms with Crippen molar-refractivity contribution in [2.75, 3.05) is 19.8 Å². The van der Waals surface area contributed by atoms with Crippen molar-refractivity contribution in [2.45, 2.75) is 95.6 Å². The van der Waals surface area contributed by atoms with Gasteiger partial charge in [0.15, 0.2) is 6.10 Å². The molecule has 5 rings (SSSR count). The first-order chi connectivity index (χ1) is 18.0. The Morgan fingerprint density at radius 3 is 2.63 bits per heavy atom. The molecule has 2 saturated heterocycles. The molecule has 10 atom stereocenters. The van der Waals surface area contributed by atoms with Crippen LogP contribution in [0, 0.1) is 16.7 Å². The minimum atomic E-state index is -1.33. The van der Waals surface area contributed by atoms with Gasteiger partial charge in [-0.05, 0) is 39.0 Å². The summed E-state index contributed by atoms with van der Waals surface area (Å²) in [5, 5.41) is 20.8. The lowest BCUT2D eigenvalue weighted by Gasteiger charge is -2.58. The van der Waals surface area contributed by atoms with Crippen molar-refractivity contribution < 1.29 is 43.5 Å². The monoisotopic (exact) mass is 532 g/mol. The number of allylic oxidation sites excluding steroid dienone is 3. The molecule has 2 spiro atoms. The van der Waals surface area contributed by atoms with Gasteiger partial charge in [-0.2, -0.15) is 0 Å². The summed E-state index contributed by atoms with van der Waals surface area (Å²) in [5.41, 5.74) is -0.771. The topological polar surface area (TPSA) is 124 Å². The van der Waals surface area contributed by atoms with E-state index < -0.39 is 58.7 Å². The van der Waals surface area contributed by atoms with Crippen molar-refractivity contribution in [2.24, 2.45) is 16.7 Å². The molecule has 1 saturated carbocycles. The van der Waals surface area contributed by atoms with E-state index >= 15 is 0 Å². The Hall–Kier alpha value is -2.04. The summed E-state index contributed by atoms with van der Waals surface area (Å²) in [6.07, 6.45) is 6.89. The number of epoxide rings is 1. The second-order valence-electron chi connectivity index (χ2n) is 11.9. The highest BCUT2D eigenvalue weighted by Crippen LogP contribution is 2.72. The SMILES string of the molecule is CC1=C[C@H]2O[C@@H]3C[C@H]4OC(=O)/C=C\C=C/[C@H]([C@@H](C)O)OCC[C@@H](C)[C@H](O)C(=O)OC[C@@]2(CC1)[C@]4(C)[C@]31CO1. The van der Waals surface area contributed by atoms with E-state index in [0.29, 0.717) is 25.9 Å². The average molecular weight is 533 g/mol. The Labute approximate surface area is 223 Å². The van der Waals surface area contributed by atoms with Crippen LogP contribution >= 0.6 is 0 Å². The number of carbonyl (C=O) groups excluding carboxylic acids is 2. The van der Waals surface area contributed by atoms with Gasteiger partial charge < -0.3 is 33.9 Å².